The van der Waals surface area contributed by atoms with Crippen molar-refractivity contribution in [3.05, 3.63) is 137 Å². The number of oxazole rings is 1. The highest BCUT2D eigenvalue weighted by Gasteiger charge is 2.53. The highest BCUT2D eigenvalue weighted by atomic mass is 16.6. The molecule has 131 heavy (non-hydrogen) atoms. The first-order valence-electron chi connectivity index (χ1n) is 45.8. The van der Waals surface area contributed by atoms with Crippen molar-refractivity contribution in [2.45, 2.75) is 225 Å². The number of benzene rings is 2. The van der Waals surface area contributed by atoms with Crippen LogP contribution in [-0.2, 0) is 83.2 Å². The van der Waals surface area contributed by atoms with E-state index >= 15 is 0 Å². The number of aromatic nitrogens is 9. The maximum Gasteiger partial charge on any atom is 0.329 e. The highest BCUT2D eigenvalue weighted by molar-refractivity contribution is 6.39. The van der Waals surface area contributed by atoms with E-state index in [1.54, 1.807) is 59.5 Å². The fourth-order valence-electron chi connectivity index (χ4n) is 18.7. The summed E-state index contributed by atoms with van der Waals surface area (Å²) in [4.78, 5) is 129. The van der Waals surface area contributed by atoms with Crippen LogP contribution >= 0.6 is 0 Å². The molecule has 3 amide bonds. The maximum atomic E-state index is 14.8. The second-order valence-corrected chi connectivity index (χ2v) is 36.0. The van der Waals surface area contributed by atoms with Crippen LogP contribution in [0.1, 0.15) is 171 Å². The summed E-state index contributed by atoms with van der Waals surface area (Å²) in [5.41, 5.74) is 27.4. The van der Waals surface area contributed by atoms with E-state index in [9.17, 15) is 49.2 Å². The number of carbonyl (C=O) groups is 6. The van der Waals surface area contributed by atoms with Crippen molar-refractivity contribution in [2.24, 2.45) is 40.7 Å². The fourth-order valence-corrected chi connectivity index (χ4v) is 18.7. The second-order valence-electron chi connectivity index (χ2n) is 36.0. The Morgan fingerprint density at radius 1 is 0.748 bits per heavy atom. The molecule has 36 nitrogen and oxygen atoms in total. The number of rotatable bonds is 24. The monoisotopic (exact) mass is 1810 g/mol. The molecule has 5 aliphatic heterocycles. The molecule has 16 atom stereocenters. The number of aryl methyl sites for hydroxylation is 1. The molecule has 1 aliphatic carbocycles. The Balaban J connectivity index is 0.577. The summed E-state index contributed by atoms with van der Waals surface area (Å²) in [7, 11) is 4.60. The largest absolute Gasteiger partial charge is 0.460 e. The van der Waals surface area contributed by atoms with E-state index in [1.165, 1.54) is 24.5 Å². The third-order valence-electron chi connectivity index (χ3n) is 26.6. The topological polar surface area (TPSA) is 485 Å². The second kappa shape index (κ2) is 44.9. The Labute approximate surface area is 763 Å². The number of aliphatic hydroxyl groups is 4. The van der Waals surface area contributed by atoms with Gasteiger partial charge in [0.05, 0.1) is 73.4 Å². The number of hydrogen-bond acceptors (Lipinski definition) is 32. The molecule has 7 aromatic rings. The lowest BCUT2D eigenvalue weighted by molar-refractivity contribution is -0.265. The summed E-state index contributed by atoms with van der Waals surface area (Å²) >= 11 is 0. The van der Waals surface area contributed by atoms with E-state index < -0.39 is 90.0 Å². The van der Waals surface area contributed by atoms with Gasteiger partial charge in [0.1, 0.15) is 53.5 Å². The number of nitrogens with two attached hydrogens (primary N) is 3. The number of nitrogens with zero attached hydrogens (tertiary/aromatic N) is 14. The Kier molecular flexibility index (Phi) is 33.4. The maximum absolute atomic E-state index is 14.8. The number of oxime groups is 1. The number of aliphatic hydroxyl groups excluding tert-OH is 3. The van der Waals surface area contributed by atoms with Crippen molar-refractivity contribution >= 4 is 92.6 Å². The number of nitrogen functional groups attached to an aromatic ring is 3. The van der Waals surface area contributed by atoms with Gasteiger partial charge in [0, 0.05) is 135 Å². The van der Waals surface area contributed by atoms with Gasteiger partial charge in [-0.25, -0.2) is 34.4 Å². The van der Waals surface area contributed by atoms with E-state index in [0.29, 0.717) is 173 Å². The number of piperazine rings is 1. The van der Waals surface area contributed by atoms with Crippen LogP contribution in [0.25, 0.3) is 33.4 Å². The number of anilines is 5. The molecule has 0 spiro atoms. The normalized spacial score (nSPS) is 28.0. The minimum atomic E-state index is -2.47. The standard InChI is InChI=1S/C95H128N18O18/c1-55-16-12-11-13-17-56(2)76(124-8)46-69-26-19-61(7)95(123,131-69)85(119)90(121)112-32-15-14-18-72(112)91(122)129-77(58(4)42-62-22-27-73(115)78(44-62)125-9)47-74(116)57(3)41-60(6)83(118)84(126-10)81(59(5)40-55)108-128-53-68(114)25-21-64-48-100-93(101-49-64)109-34-36-110(37-35-109)94-102-50-70(86(96)106-94)89(120)99-31-39-127-38-30-79(117)111-33-29-65-43-63(20-23-67(65)52-111)51-113-88-80(87(97)103-54-104-88)82(107-113)66-24-28-75-71(45-66)105-92(98)130-75/h11-13,16-17,20,23-24,28,41,43,45,48-50,54-55,57-59,61-62,69,72-74,76-78,83-84,115-116,118,123H,14-15,18-19,21-22,25-27,29-40,42,44,46-47,51-53H2,1-10H3,(H2,98,105)(H,99,120)(H2,96,102,106)(H2,97,103,104)/b13-11+,16-12+,56-17+,60-41+,108-81?/t55-,57-,58-,59-,61-,62+,69+,72+,73-,74-,76+,77+,78-,83-,84+,95-/m1/s1. The van der Waals surface area contributed by atoms with Gasteiger partial charge in [-0.05, 0) is 160 Å². The summed E-state index contributed by atoms with van der Waals surface area (Å²) in [6.45, 7) is 16.7. The molecule has 1 saturated carbocycles. The zero-order chi connectivity index (χ0) is 93.3. The molecule has 3 saturated heterocycles. The number of Topliss-reactive ketones (excluding diaryl/α,β-unsaturated/α-hetero) is 2. The van der Waals surface area contributed by atoms with Crippen molar-refractivity contribution in [3.8, 4) is 11.3 Å². The smallest absolute Gasteiger partial charge is 0.329 e. The minimum Gasteiger partial charge on any atom is -0.460 e. The van der Waals surface area contributed by atoms with Crippen molar-refractivity contribution in [3.63, 3.8) is 0 Å². The van der Waals surface area contributed by atoms with Crippen molar-refractivity contribution < 1.29 is 86.9 Å². The zero-order valence-corrected chi connectivity index (χ0v) is 76.7. The van der Waals surface area contributed by atoms with Crippen molar-refractivity contribution in [1.82, 2.24) is 59.8 Å². The van der Waals surface area contributed by atoms with Crippen molar-refractivity contribution in [1.29, 1.82) is 0 Å². The lowest BCUT2D eigenvalue weighted by atomic mass is 9.78. The Bertz CT molecular complexity index is 5300. The molecule has 36 heteroatoms. The average Bonchev–Trinajstić information content (AvgIpc) is 1.34. The summed E-state index contributed by atoms with van der Waals surface area (Å²) in [6.07, 6.45) is 17.6. The first-order chi connectivity index (χ1) is 63.0. The molecular weight excluding hydrogens is 1680 g/mol. The van der Waals surface area contributed by atoms with Gasteiger partial charge in [-0.15, -0.1) is 0 Å². The number of nitrogens with one attached hydrogen (secondary N) is 1. The molecule has 4 fully saturated rings. The minimum absolute atomic E-state index is 0.0186. The molecule has 706 valence electrons. The Morgan fingerprint density at radius 2 is 1.52 bits per heavy atom. The van der Waals surface area contributed by atoms with Crippen LogP contribution in [0.15, 0.2) is 118 Å². The van der Waals surface area contributed by atoms with Gasteiger partial charge in [-0.3, -0.25) is 24.0 Å². The van der Waals surface area contributed by atoms with Gasteiger partial charge in [-0.2, -0.15) is 15.1 Å². The number of cyclic esters (lactones) is 1. The summed E-state index contributed by atoms with van der Waals surface area (Å²) in [5.74, 6) is -7.01. The quantitative estimate of drug-likeness (QED) is 0.00925. The third-order valence-corrected chi connectivity index (χ3v) is 26.6. The van der Waals surface area contributed by atoms with E-state index in [2.05, 4.69) is 51.4 Å². The number of fused-ring (bicyclic) bond motifs is 6. The predicted molar refractivity (Wildman–Crippen MR) is 490 cm³/mol. The number of esters is 1. The van der Waals surface area contributed by atoms with Crippen LogP contribution in [0.3, 0.4) is 0 Å². The van der Waals surface area contributed by atoms with Crippen LogP contribution < -0.4 is 32.3 Å². The number of piperidine rings is 1. The lowest BCUT2D eigenvalue weighted by Crippen LogP contribution is -2.61. The van der Waals surface area contributed by atoms with Crippen LogP contribution in [0.2, 0.25) is 0 Å². The Hall–Kier alpha value is -11.1. The number of ether oxygens (including phenoxy) is 6. The molecule has 10 heterocycles. The summed E-state index contributed by atoms with van der Waals surface area (Å²) < 4.78 is 43.5. The lowest BCUT2D eigenvalue weighted by Gasteiger charge is -2.43. The van der Waals surface area contributed by atoms with Crippen LogP contribution in [0.4, 0.5) is 29.5 Å². The van der Waals surface area contributed by atoms with Crippen LogP contribution in [0.5, 0.6) is 0 Å². The number of allylic oxidation sites excluding steroid dienone is 5. The molecule has 11 N–H and O–H groups in total. The molecule has 0 unspecified atom stereocenters. The van der Waals surface area contributed by atoms with Crippen LogP contribution in [0, 0.1) is 35.5 Å². The first kappa shape index (κ1) is 97.4. The zero-order valence-electron chi connectivity index (χ0n) is 76.7. The molecule has 0 radical (unpaired) electrons. The van der Waals surface area contributed by atoms with Gasteiger partial charge in [0.25, 0.3) is 23.6 Å². The van der Waals surface area contributed by atoms with E-state index in [0.717, 1.165) is 33.4 Å². The first-order valence-corrected chi connectivity index (χ1v) is 45.8. The van der Waals surface area contributed by atoms with Crippen LogP contribution in [-0.4, -0.2) is 263 Å². The highest BCUT2D eigenvalue weighted by Crippen LogP contribution is 2.40. The van der Waals surface area contributed by atoms with E-state index in [-0.39, 0.29) is 124 Å². The van der Waals surface area contributed by atoms with Gasteiger partial charge >= 0.3 is 5.97 Å². The van der Waals surface area contributed by atoms with E-state index in [1.807, 2.05) is 102 Å². The van der Waals surface area contributed by atoms with Gasteiger partial charge in [0.15, 0.2) is 23.6 Å². The summed E-state index contributed by atoms with van der Waals surface area (Å²) in [6, 6.07) is 10.6. The number of carbonyl (C=O) groups excluding carboxylic acids is 6. The van der Waals surface area contributed by atoms with Gasteiger partial charge < -0.3 is 100 Å². The molecule has 2 bridgehead atoms. The molecule has 2 aromatic carbocycles. The predicted octanol–water partition coefficient (Wildman–Crippen LogP) is 8.35. The number of hydrogen-bond donors (Lipinski definition) is 8. The Morgan fingerprint density at radius 3 is 2.27 bits per heavy atom. The number of amides is 3. The van der Waals surface area contributed by atoms with Gasteiger partial charge in [0.2, 0.25) is 23.6 Å². The van der Waals surface area contributed by atoms with E-state index in [4.69, 9.17) is 60.0 Å². The SMILES string of the molecule is CO[C@H]1C[C@@H]2CC[C@@H](C)[C@@](O)(O2)C(=O)C(=O)N2CCCC[C@H]2C(=O)O[C@H]([C@H](C)C[C@@H]2CC[C@@H](O)[C@H](OC)C2)C[C@@H](O)[C@H](C)/C=C(\C)[C@@H](O)[C@@H](OC)C(=NOCC(=O)CCc2cnc(N3CCN(c4ncc(C(=O)NCCOCCC(=O)N5CCc6cc(Cn7nc(-c8ccc9oc(N)nc9c8)c8c(N)ncnc87)ccc6C5)c(N)n4)CC3)nc2)[C@H](C)C[C@H](C)/C=C/C=C/C=C/1C. The number of ketones is 2. The third kappa shape index (κ3) is 24.2. The number of methoxy groups -OCH3 is 3. The fraction of sp³-hybridized carbons (Fsp3) is 0.568. The molecular formula is C95H128N18O18. The van der Waals surface area contributed by atoms with Gasteiger partial charge in [-0.1, -0.05) is 94.4 Å². The van der Waals surface area contributed by atoms with Crippen molar-refractivity contribution in [2.75, 3.05) is 114 Å². The molecule has 6 aliphatic rings. The average molecular weight is 1810 g/mol. The molecule has 5 aromatic heterocycles. The summed E-state index contributed by atoms with van der Waals surface area (Å²) in [5, 5.41) is 60.5. The molecule has 13 rings (SSSR count).